The summed E-state index contributed by atoms with van der Waals surface area (Å²) in [6, 6.07) is 0.157. The molecule has 0 aliphatic carbocycles. The third-order valence-corrected chi connectivity index (χ3v) is 5.99. The van der Waals surface area contributed by atoms with E-state index in [2.05, 4.69) is 21.9 Å². The van der Waals surface area contributed by atoms with Gasteiger partial charge in [0, 0.05) is 36.8 Å². The Morgan fingerprint density at radius 3 is 2.83 bits per heavy atom. The van der Waals surface area contributed by atoms with E-state index < -0.39 is 0 Å². The first-order valence-electron chi connectivity index (χ1n) is 8.68. The van der Waals surface area contributed by atoms with Gasteiger partial charge in [-0.15, -0.1) is 11.3 Å². The van der Waals surface area contributed by atoms with Crippen LogP contribution in [-0.2, 0) is 18.3 Å². The van der Waals surface area contributed by atoms with Crippen molar-refractivity contribution in [2.45, 2.75) is 52.5 Å². The van der Waals surface area contributed by atoms with Crippen LogP contribution < -0.4 is 0 Å². The van der Waals surface area contributed by atoms with Gasteiger partial charge in [0.2, 0.25) is 5.91 Å². The quantitative estimate of drug-likeness (QED) is 0.852. The highest BCUT2D eigenvalue weighted by Gasteiger charge is 2.32. The molecule has 2 aromatic heterocycles. The second-order valence-corrected chi connectivity index (χ2v) is 7.72. The van der Waals surface area contributed by atoms with Crippen LogP contribution in [0.1, 0.15) is 54.2 Å². The molecule has 5 nitrogen and oxygen atoms in total. The maximum atomic E-state index is 13.1. The summed E-state index contributed by atoms with van der Waals surface area (Å²) in [5, 5.41) is 7.55. The monoisotopic (exact) mass is 346 g/mol. The average Bonchev–Trinajstić information content (AvgIpc) is 3.19. The number of rotatable bonds is 4. The Bertz CT molecular complexity index is 707. The fraction of sp³-hybridized carbons (Fsp3) is 0.611. The van der Waals surface area contributed by atoms with Crippen molar-refractivity contribution in [1.29, 1.82) is 0 Å². The van der Waals surface area contributed by atoms with Crippen LogP contribution in [0.2, 0.25) is 0 Å². The van der Waals surface area contributed by atoms with Crippen molar-refractivity contribution >= 4 is 17.2 Å². The third kappa shape index (κ3) is 3.24. The van der Waals surface area contributed by atoms with Gasteiger partial charge in [-0.1, -0.05) is 6.92 Å². The first-order valence-corrected chi connectivity index (χ1v) is 9.56. The molecule has 0 spiro atoms. The van der Waals surface area contributed by atoms with E-state index in [1.54, 1.807) is 11.3 Å². The number of thiazole rings is 1. The number of carbonyl (C=O) groups excluding carboxylic acids is 1. The normalized spacial score (nSPS) is 19.5. The molecule has 3 heterocycles. The van der Waals surface area contributed by atoms with E-state index >= 15 is 0 Å². The van der Waals surface area contributed by atoms with Crippen molar-refractivity contribution in [1.82, 2.24) is 19.7 Å². The minimum absolute atomic E-state index is 0.0350. The van der Waals surface area contributed by atoms with Crippen molar-refractivity contribution < 1.29 is 4.79 Å². The molecule has 130 valence electrons. The molecule has 0 saturated carbocycles. The lowest BCUT2D eigenvalue weighted by atomic mass is 9.95. The molecule has 0 N–H and O–H groups in total. The highest BCUT2D eigenvalue weighted by molar-refractivity contribution is 7.09. The van der Waals surface area contributed by atoms with Gasteiger partial charge in [-0.25, -0.2) is 4.98 Å². The summed E-state index contributed by atoms with van der Waals surface area (Å²) in [6.45, 7) is 6.99. The smallest absolute Gasteiger partial charge is 0.226 e. The number of piperidine rings is 1. The number of aryl methyl sites for hydroxylation is 2. The van der Waals surface area contributed by atoms with Gasteiger partial charge in [0.25, 0.3) is 0 Å². The van der Waals surface area contributed by atoms with E-state index in [1.807, 2.05) is 37.2 Å². The lowest BCUT2D eigenvalue weighted by Crippen LogP contribution is -2.41. The Hall–Kier alpha value is -1.69. The zero-order valence-corrected chi connectivity index (χ0v) is 15.8. The van der Waals surface area contributed by atoms with Crippen LogP contribution in [0.3, 0.4) is 0 Å². The maximum absolute atomic E-state index is 13.1. The van der Waals surface area contributed by atoms with Gasteiger partial charge < -0.3 is 4.90 Å². The molecule has 3 rings (SSSR count). The van der Waals surface area contributed by atoms with E-state index in [1.165, 1.54) is 12.0 Å². The summed E-state index contributed by atoms with van der Waals surface area (Å²) < 4.78 is 1.90. The van der Waals surface area contributed by atoms with Gasteiger partial charge in [-0.05, 0) is 45.1 Å². The second kappa shape index (κ2) is 7.05. The third-order valence-electron chi connectivity index (χ3n) is 5.11. The van der Waals surface area contributed by atoms with E-state index in [4.69, 9.17) is 0 Å². The molecule has 1 aliphatic rings. The van der Waals surface area contributed by atoms with Gasteiger partial charge in [-0.3, -0.25) is 9.48 Å². The molecule has 2 aromatic rings. The SMILES string of the molecule is Cc1nn(C)c(C)c1C[C@H](C)C(=O)N1CCCC[C@H]1c1nccs1. The lowest BCUT2D eigenvalue weighted by molar-refractivity contribution is -0.139. The Kier molecular flexibility index (Phi) is 5.04. The van der Waals surface area contributed by atoms with Crippen molar-refractivity contribution in [2.24, 2.45) is 13.0 Å². The number of nitrogens with zero attached hydrogens (tertiary/aromatic N) is 4. The number of hydrogen-bond acceptors (Lipinski definition) is 4. The highest BCUT2D eigenvalue weighted by Crippen LogP contribution is 2.33. The molecule has 0 radical (unpaired) electrons. The van der Waals surface area contributed by atoms with Crippen LogP contribution in [-0.4, -0.2) is 32.1 Å². The van der Waals surface area contributed by atoms with Crippen molar-refractivity contribution in [3.05, 3.63) is 33.5 Å². The number of aromatic nitrogens is 3. The van der Waals surface area contributed by atoms with Crippen molar-refractivity contribution in [2.75, 3.05) is 6.54 Å². The topological polar surface area (TPSA) is 51.0 Å². The van der Waals surface area contributed by atoms with Gasteiger partial charge in [-0.2, -0.15) is 5.10 Å². The Morgan fingerprint density at radius 2 is 2.21 bits per heavy atom. The fourth-order valence-corrected chi connectivity index (χ4v) is 4.43. The summed E-state index contributed by atoms with van der Waals surface area (Å²) in [6.07, 6.45) is 5.87. The largest absolute Gasteiger partial charge is 0.333 e. The standard InChI is InChI=1S/C18H26N4OS/c1-12(11-15-13(2)20-21(4)14(15)3)18(23)22-9-6-5-7-16(22)17-19-8-10-24-17/h8,10,12,16H,5-7,9,11H2,1-4H3/t12-,16-/m0/s1. The van der Waals surface area contributed by atoms with Gasteiger partial charge in [0.15, 0.2) is 0 Å². The summed E-state index contributed by atoms with van der Waals surface area (Å²) in [5.41, 5.74) is 3.40. The van der Waals surface area contributed by atoms with E-state index in [0.29, 0.717) is 0 Å². The molecular weight excluding hydrogens is 320 g/mol. The number of likely N-dealkylation sites (tertiary alicyclic amines) is 1. The van der Waals surface area contributed by atoms with Gasteiger partial charge in [0.1, 0.15) is 5.01 Å². The zero-order chi connectivity index (χ0) is 17.3. The van der Waals surface area contributed by atoms with E-state index in [0.717, 1.165) is 42.2 Å². The first-order chi connectivity index (χ1) is 11.5. The van der Waals surface area contributed by atoms with Crippen molar-refractivity contribution in [3.63, 3.8) is 0 Å². The van der Waals surface area contributed by atoms with E-state index in [-0.39, 0.29) is 17.9 Å². The Morgan fingerprint density at radius 1 is 1.42 bits per heavy atom. The van der Waals surface area contributed by atoms with Gasteiger partial charge in [0.05, 0.1) is 11.7 Å². The molecule has 0 bridgehead atoms. The zero-order valence-electron chi connectivity index (χ0n) is 15.0. The predicted molar refractivity (Wildman–Crippen MR) is 96.0 cm³/mol. The van der Waals surface area contributed by atoms with Crippen LogP contribution >= 0.6 is 11.3 Å². The number of carbonyl (C=O) groups is 1. The molecule has 0 unspecified atom stereocenters. The summed E-state index contributed by atoms with van der Waals surface area (Å²) in [4.78, 5) is 19.6. The van der Waals surface area contributed by atoms with Crippen LogP contribution in [0, 0.1) is 19.8 Å². The Balaban J connectivity index is 1.76. The predicted octanol–water partition coefficient (Wildman–Crippen LogP) is 3.43. The minimum atomic E-state index is -0.0350. The molecule has 0 aromatic carbocycles. The molecule has 2 atom stereocenters. The molecule has 1 aliphatic heterocycles. The van der Waals surface area contributed by atoms with Crippen LogP contribution in [0.15, 0.2) is 11.6 Å². The van der Waals surface area contributed by atoms with E-state index in [9.17, 15) is 4.79 Å². The molecule has 1 saturated heterocycles. The fourth-order valence-electron chi connectivity index (χ4n) is 3.64. The van der Waals surface area contributed by atoms with Crippen LogP contribution in [0.25, 0.3) is 0 Å². The maximum Gasteiger partial charge on any atom is 0.226 e. The lowest BCUT2D eigenvalue weighted by Gasteiger charge is -2.36. The molecule has 1 fully saturated rings. The molecule has 1 amide bonds. The summed E-state index contributed by atoms with van der Waals surface area (Å²) in [5.74, 6) is 0.213. The molecule has 24 heavy (non-hydrogen) atoms. The van der Waals surface area contributed by atoms with Crippen LogP contribution in [0.4, 0.5) is 0 Å². The number of hydrogen-bond donors (Lipinski definition) is 0. The average molecular weight is 346 g/mol. The van der Waals surface area contributed by atoms with Gasteiger partial charge >= 0.3 is 0 Å². The van der Waals surface area contributed by atoms with Crippen LogP contribution in [0.5, 0.6) is 0 Å². The minimum Gasteiger partial charge on any atom is -0.333 e. The Labute approximate surface area is 147 Å². The molecule has 6 heteroatoms. The first kappa shape index (κ1) is 17.1. The molecular formula is C18H26N4OS. The van der Waals surface area contributed by atoms with Crippen molar-refractivity contribution in [3.8, 4) is 0 Å². The second-order valence-electron chi connectivity index (χ2n) is 6.79. The number of amides is 1. The highest BCUT2D eigenvalue weighted by atomic mass is 32.1. The summed E-state index contributed by atoms with van der Waals surface area (Å²) >= 11 is 1.66. The summed E-state index contributed by atoms with van der Waals surface area (Å²) in [7, 11) is 1.96.